The number of hydrogen-bond acceptors (Lipinski definition) is 14. The Kier molecular flexibility index (Phi) is 10.4. The first kappa shape index (κ1) is 28.3. The summed E-state index contributed by atoms with van der Waals surface area (Å²) in [5.41, 5.74) is 0. The zero-order valence-electron chi connectivity index (χ0n) is 19.4. The smallest absolute Gasteiger partial charge is 0.352 e. The van der Waals surface area contributed by atoms with Gasteiger partial charge in [-0.2, -0.15) is 0 Å². The van der Waals surface area contributed by atoms with E-state index >= 15 is 0 Å². The molecule has 0 spiro atoms. The number of hydrogen-bond donors (Lipinski definition) is 0. The molecule has 14 nitrogen and oxygen atoms in total. The zero-order valence-corrected chi connectivity index (χ0v) is 19.4. The van der Waals surface area contributed by atoms with Gasteiger partial charge in [-0.25, -0.2) is 4.79 Å². The SMILES string of the molecule is CC(=O)OC[C@H](OC(C)=O)[C@H](OC(C)=O)[C@H](OC(C)=O)[C@H]1OC(=O)[C@@H](OC(C)=O)[C@H]1OC(C)=O. The summed E-state index contributed by atoms with van der Waals surface area (Å²) < 4.78 is 35.6. The second kappa shape index (κ2) is 12.5. The molecule has 1 fully saturated rings. The van der Waals surface area contributed by atoms with Crippen LogP contribution in [0.1, 0.15) is 41.5 Å². The van der Waals surface area contributed by atoms with Crippen molar-refractivity contribution in [1.29, 1.82) is 0 Å². The molecule has 0 unspecified atom stereocenters. The molecular weight excluding hydrogens is 464 g/mol. The molecule has 0 aromatic heterocycles. The van der Waals surface area contributed by atoms with Crippen molar-refractivity contribution in [3.8, 4) is 0 Å². The highest BCUT2D eigenvalue weighted by Gasteiger charge is 2.57. The van der Waals surface area contributed by atoms with Gasteiger partial charge < -0.3 is 33.2 Å². The second-order valence-electron chi connectivity index (χ2n) is 7.10. The first-order valence-electron chi connectivity index (χ1n) is 9.92. The lowest BCUT2D eigenvalue weighted by atomic mass is 9.97. The summed E-state index contributed by atoms with van der Waals surface area (Å²) in [6.07, 6.45) is -10.1. The van der Waals surface area contributed by atoms with Gasteiger partial charge >= 0.3 is 41.8 Å². The highest BCUT2D eigenvalue weighted by molar-refractivity contribution is 5.82. The molecule has 1 aliphatic heterocycles. The topological polar surface area (TPSA) is 184 Å². The summed E-state index contributed by atoms with van der Waals surface area (Å²) in [5.74, 6) is -6.51. The van der Waals surface area contributed by atoms with Crippen LogP contribution in [0.5, 0.6) is 0 Å². The van der Waals surface area contributed by atoms with Crippen LogP contribution in [0.3, 0.4) is 0 Å². The van der Waals surface area contributed by atoms with Crippen LogP contribution in [0, 0.1) is 0 Å². The van der Waals surface area contributed by atoms with Crippen LogP contribution in [0.25, 0.3) is 0 Å². The predicted molar refractivity (Wildman–Crippen MR) is 104 cm³/mol. The fourth-order valence-electron chi connectivity index (χ4n) is 3.11. The number of cyclic esters (lactones) is 1. The average molecular weight is 490 g/mol. The minimum Gasteiger partial charge on any atom is -0.462 e. The van der Waals surface area contributed by atoms with Crippen LogP contribution in [0.2, 0.25) is 0 Å². The lowest BCUT2D eigenvalue weighted by Crippen LogP contribution is -2.55. The molecule has 0 bridgehead atoms. The predicted octanol–water partition coefficient (Wildman–Crippen LogP) is -0.867. The summed E-state index contributed by atoms with van der Waals surface area (Å²) in [7, 11) is 0. The Morgan fingerprint density at radius 3 is 1.71 bits per heavy atom. The summed E-state index contributed by atoms with van der Waals surface area (Å²) in [4.78, 5) is 82.3. The maximum absolute atomic E-state index is 12.4. The van der Waals surface area contributed by atoms with Gasteiger partial charge in [0.15, 0.2) is 30.5 Å². The first-order valence-corrected chi connectivity index (χ1v) is 9.92. The molecule has 0 aromatic carbocycles. The van der Waals surface area contributed by atoms with Crippen molar-refractivity contribution in [1.82, 2.24) is 0 Å². The molecule has 34 heavy (non-hydrogen) atoms. The molecular formula is C20H26O14. The highest BCUT2D eigenvalue weighted by Crippen LogP contribution is 2.30. The van der Waals surface area contributed by atoms with E-state index in [1.54, 1.807) is 0 Å². The molecule has 190 valence electrons. The monoisotopic (exact) mass is 490 g/mol. The van der Waals surface area contributed by atoms with Crippen molar-refractivity contribution in [2.24, 2.45) is 0 Å². The van der Waals surface area contributed by atoms with E-state index in [1.165, 1.54) is 0 Å². The van der Waals surface area contributed by atoms with Crippen molar-refractivity contribution in [2.75, 3.05) is 6.61 Å². The number of carbonyl (C=O) groups is 7. The van der Waals surface area contributed by atoms with Gasteiger partial charge in [0.2, 0.25) is 6.10 Å². The van der Waals surface area contributed by atoms with Crippen molar-refractivity contribution >= 4 is 41.8 Å². The van der Waals surface area contributed by atoms with E-state index in [0.29, 0.717) is 0 Å². The second-order valence-corrected chi connectivity index (χ2v) is 7.10. The van der Waals surface area contributed by atoms with Crippen molar-refractivity contribution in [3.05, 3.63) is 0 Å². The molecule has 0 aromatic rings. The molecule has 0 aliphatic carbocycles. The Morgan fingerprint density at radius 2 is 1.26 bits per heavy atom. The van der Waals surface area contributed by atoms with E-state index in [4.69, 9.17) is 33.2 Å². The minimum atomic E-state index is -1.75. The number of ether oxygens (including phenoxy) is 7. The molecule has 1 saturated heterocycles. The van der Waals surface area contributed by atoms with Gasteiger partial charge in [0.1, 0.15) is 6.61 Å². The molecule has 1 rings (SSSR count). The van der Waals surface area contributed by atoms with Crippen molar-refractivity contribution < 1.29 is 66.7 Å². The summed E-state index contributed by atoms with van der Waals surface area (Å²) in [5, 5.41) is 0. The maximum Gasteiger partial charge on any atom is 0.352 e. The third kappa shape index (κ3) is 8.67. The summed E-state index contributed by atoms with van der Waals surface area (Å²) in [6, 6.07) is 0. The van der Waals surface area contributed by atoms with Gasteiger partial charge in [-0.3, -0.25) is 28.8 Å². The molecule has 0 saturated carbocycles. The lowest BCUT2D eigenvalue weighted by molar-refractivity contribution is -0.205. The van der Waals surface area contributed by atoms with E-state index in [9.17, 15) is 33.6 Å². The lowest BCUT2D eigenvalue weighted by Gasteiger charge is -2.35. The molecule has 0 radical (unpaired) electrons. The van der Waals surface area contributed by atoms with Crippen molar-refractivity contribution in [2.45, 2.75) is 78.2 Å². The van der Waals surface area contributed by atoms with Crippen molar-refractivity contribution in [3.63, 3.8) is 0 Å². The fourth-order valence-corrected chi connectivity index (χ4v) is 3.11. The maximum atomic E-state index is 12.4. The number of esters is 7. The zero-order chi connectivity index (χ0) is 26.2. The minimum absolute atomic E-state index is 0.642. The Balaban J connectivity index is 3.55. The number of rotatable bonds is 10. The largest absolute Gasteiger partial charge is 0.462 e. The quantitative estimate of drug-likeness (QED) is 0.272. The van der Waals surface area contributed by atoms with Gasteiger partial charge in [-0.1, -0.05) is 0 Å². The van der Waals surface area contributed by atoms with E-state index in [2.05, 4.69) is 0 Å². The Hall–Kier alpha value is -3.71. The third-order valence-electron chi connectivity index (χ3n) is 4.09. The van der Waals surface area contributed by atoms with Gasteiger partial charge in [0, 0.05) is 41.5 Å². The standard InChI is InChI=1S/C20H26O14/c1-8(21)28-7-14(29-9(2)22)15(30-10(3)23)16(31-11(4)24)17-18(32-12(5)25)19(20(27)34-17)33-13(6)26/h14-19H,7H2,1-6H3/t14-,15-,16-,17+,18-,19-/m0/s1. The van der Waals surface area contributed by atoms with Crippen LogP contribution in [-0.2, 0) is 66.7 Å². The molecule has 0 amide bonds. The normalized spacial score (nSPS) is 21.7. The van der Waals surface area contributed by atoms with E-state index in [1.807, 2.05) is 0 Å². The average Bonchev–Trinajstić information content (AvgIpc) is 2.95. The summed E-state index contributed by atoms with van der Waals surface area (Å²) in [6.45, 7) is 5.39. The Labute approximate surface area is 194 Å². The summed E-state index contributed by atoms with van der Waals surface area (Å²) >= 11 is 0. The molecule has 1 heterocycles. The van der Waals surface area contributed by atoms with Gasteiger partial charge in [-0.15, -0.1) is 0 Å². The first-order chi connectivity index (χ1) is 15.7. The molecule has 1 aliphatic rings. The number of carbonyl (C=O) groups excluding carboxylic acids is 7. The van der Waals surface area contributed by atoms with Crippen LogP contribution >= 0.6 is 0 Å². The van der Waals surface area contributed by atoms with Gasteiger partial charge in [-0.05, 0) is 0 Å². The van der Waals surface area contributed by atoms with Gasteiger partial charge in [0.05, 0.1) is 0 Å². The van der Waals surface area contributed by atoms with Crippen LogP contribution in [-0.4, -0.2) is 85.0 Å². The molecule has 14 heteroatoms. The van der Waals surface area contributed by atoms with Gasteiger partial charge in [0.25, 0.3) is 0 Å². The van der Waals surface area contributed by atoms with E-state index in [-0.39, 0.29) is 0 Å². The fraction of sp³-hybridized carbons (Fsp3) is 0.650. The van der Waals surface area contributed by atoms with E-state index in [0.717, 1.165) is 41.5 Å². The Bertz CT molecular complexity index is 833. The van der Waals surface area contributed by atoms with Crippen LogP contribution in [0.15, 0.2) is 0 Å². The van der Waals surface area contributed by atoms with Crippen LogP contribution < -0.4 is 0 Å². The molecule has 6 atom stereocenters. The Morgan fingerprint density at radius 1 is 0.735 bits per heavy atom. The third-order valence-corrected chi connectivity index (χ3v) is 4.09. The molecule has 0 N–H and O–H groups in total. The van der Waals surface area contributed by atoms with E-state index < -0.39 is 85.0 Å². The highest BCUT2D eigenvalue weighted by atomic mass is 16.7. The van der Waals surface area contributed by atoms with Crippen LogP contribution in [0.4, 0.5) is 0 Å².